The molecule has 0 aliphatic rings. The Balaban J connectivity index is 2.12. The van der Waals surface area contributed by atoms with Gasteiger partial charge in [0.05, 0.1) is 11.6 Å². The number of nitrogens with zero attached hydrogens (tertiary/aromatic N) is 1. The lowest BCUT2D eigenvalue weighted by Gasteiger charge is -2.20. The van der Waals surface area contributed by atoms with Crippen molar-refractivity contribution in [2.24, 2.45) is 5.92 Å². The zero-order chi connectivity index (χ0) is 19.1. The highest BCUT2D eigenvalue weighted by Gasteiger charge is 2.22. The molecule has 0 aromatic heterocycles. The molecule has 2 aromatic carbocycles. The Hall–Kier alpha value is -2.84. The smallest absolute Gasteiger partial charge is 0.251 e. The van der Waals surface area contributed by atoms with E-state index in [0.717, 1.165) is 0 Å². The van der Waals surface area contributed by atoms with E-state index >= 15 is 0 Å². The van der Waals surface area contributed by atoms with E-state index in [1.165, 1.54) is 0 Å². The molecule has 1 atom stereocenters. The lowest BCUT2D eigenvalue weighted by molar-refractivity contribution is -0.118. The summed E-state index contributed by atoms with van der Waals surface area (Å²) in [6.45, 7) is 3.95. The Morgan fingerprint density at radius 1 is 1.15 bits per heavy atom. The molecule has 0 unspecified atom stereocenters. The number of nitriles is 1. The van der Waals surface area contributed by atoms with Crippen molar-refractivity contribution in [2.75, 3.05) is 5.32 Å². The largest absolute Gasteiger partial charge is 0.340 e. The van der Waals surface area contributed by atoms with Crippen molar-refractivity contribution in [3.05, 3.63) is 64.7 Å². The Kier molecular flexibility index (Phi) is 6.76. The highest BCUT2D eigenvalue weighted by atomic mass is 35.5. The molecular formula is C20H20ClN3O2. The fourth-order valence-corrected chi connectivity index (χ4v) is 2.57. The predicted molar refractivity (Wildman–Crippen MR) is 102 cm³/mol. The Bertz CT molecular complexity index is 826. The third-order valence-corrected chi connectivity index (χ3v) is 3.95. The van der Waals surface area contributed by atoms with Crippen molar-refractivity contribution in [3.63, 3.8) is 0 Å². The fraction of sp³-hybridized carbons (Fsp3) is 0.250. The number of hydrogen-bond acceptors (Lipinski definition) is 3. The van der Waals surface area contributed by atoms with E-state index in [1.54, 1.807) is 48.5 Å². The lowest BCUT2D eigenvalue weighted by atomic mass is 10.0. The first-order chi connectivity index (χ1) is 12.4. The van der Waals surface area contributed by atoms with Crippen LogP contribution in [-0.4, -0.2) is 17.9 Å². The van der Waals surface area contributed by atoms with Crippen molar-refractivity contribution >= 4 is 29.1 Å². The summed E-state index contributed by atoms with van der Waals surface area (Å²) in [5.74, 6) is -0.453. The van der Waals surface area contributed by atoms with Gasteiger partial charge in [0.25, 0.3) is 5.91 Å². The summed E-state index contributed by atoms with van der Waals surface area (Å²) < 4.78 is 0. The average Bonchev–Trinajstić information content (AvgIpc) is 2.61. The number of nitrogens with one attached hydrogen (secondary N) is 2. The number of carbonyl (C=O) groups is 2. The first-order valence-electron chi connectivity index (χ1n) is 8.26. The standard InChI is InChI=1S/C20H20ClN3O2/c1-13(2)10-18(24-19(25)15-6-8-16(21)9-7-15)20(26)23-17-5-3-4-14(11-17)12-22/h3-9,11,13,18H,10H2,1-2H3,(H,23,26)(H,24,25)/t18-/m0/s1. The summed E-state index contributed by atoms with van der Waals surface area (Å²) in [6.07, 6.45) is 0.489. The van der Waals surface area contributed by atoms with Crippen molar-refractivity contribution < 1.29 is 9.59 Å². The van der Waals surface area contributed by atoms with Crippen LogP contribution in [0, 0.1) is 17.2 Å². The van der Waals surface area contributed by atoms with Crippen LogP contribution in [0.4, 0.5) is 5.69 Å². The number of benzene rings is 2. The van der Waals surface area contributed by atoms with E-state index in [-0.39, 0.29) is 17.7 Å². The van der Waals surface area contributed by atoms with E-state index in [4.69, 9.17) is 16.9 Å². The van der Waals surface area contributed by atoms with E-state index in [9.17, 15) is 9.59 Å². The molecule has 0 aliphatic carbocycles. The van der Waals surface area contributed by atoms with Crippen LogP contribution in [0.15, 0.2) is 48.5 Å². The van der Waals surface area contributed by atoms with Crippen molar-refractivity contribution in [1.82, 2.24) is 5.32 Å². The zero-order valence-electron chi connectivity index (χ0n) is 14.6. The summed E-state index contributed by atoms with van der Waals surface area (Å²) in [5.41, 5.74) is 1.40. The first-order valence-corrected chi connectivity index (χ1v) is 8.64. The van der Waals surface area contributed by atoms with Gasteiger partial charge in [-0.2, -0.15) is 5.26 Å². The molecule has 0 heterocycles. The molecule has 0 saturated heterocycles. The maximum atomic E-state index is 12.6. The van der Waals surface area contributed by atoms with Gasteiger partial charge < -0.3 is 10.6 Å². The predicted octanol–water partition coefficient (Wildman–Crippen LogP) is 3.99. The van der Waals surface area contributed by atoms with Crippen LogP contribution in [0.25, 0.3) is 0 Å². The quantitative estimate of drug-likeness (QED) is 0.807. The molecule has 26 heavy (non-hydrogen) atoms. The van der Waals surface area contributed by atoms with Gasteiger partial charge in [-0.25, -0.2) is 0 Å². The van der Waals surface area contributed by atoms with E-state index in [1.807, 2.05) is 19.9 Å². The molecule has 2 aromatic rings. The molecule has 134 valence electrons. The zero-order valence-corrected chi connectivity index (χ0v) is 15.4. The van der Waals surface area contributed by atoms with Crippen LogP contribution in [0.5, 0.6) is 0 Å². The number of hydrogen-bond donors (Lipinski definition) is 2. The molecule has 0 spiro atoms. The number of anilines is 1. The number of amides is 2. The summed E-state index contributed by atoms with van der Waals surface area (Å²) in [5, 5.41) is 15.0. The SMILES string of the molecule is CC(C)C[C@H](NC(=O)c1ccc(Cl)cc1)C(=O)Nc1cccc(C#N)c1. The van der Waals surface area contributed by atoms with Crippen LogP contribution in [0.1, 0.15) is 36.2 Å². The van der Waals surface area contributed by atoms with Crippen LogP contribution >= 0.6 is 11.6 Å². The van der Waals surface area contributed by atoms with E-state index < -0.39 is 6.04 Å². The normalized spacial score (nSPS) is 11.5. The van der Waals surface area contributed by atoms with Gasteiger partial charge in [0.1, 0.15) is 6.04 Å². The second-order valence-corrected chi connectivity index (χ2v) is 6.78. The van der Waals surface area contributed by atoms with Crippen molar-refractivity contribution in [1.29, 1.82) is 5.26 Å². The highest BCUT2D eigenvalue weighted by molar-refractivity contribution is 6.30. The Labute approximate surface area is 158 Å². The van der Waals surface area contributed by atoms with E-state index in [0.29, 0.717) is 28.3 Å². The third kappa shape index (κ3) is 5.61. The molecule has 0 aliphatic heterocycles. The molecule has 0 bridgehead atoms. The number of rotatable bonds is 6. The molecule has 5 nitrogen and oxygen atoms in total. The van der Waals surface area contributed by atoms with Gasteiger partial charge in [-0.05, 0) is 54.8 Å². The van der Waals surface area contributed by atoms with Gasteiger partial charge in [0.15, 0.2) is 0 Å². The van der Waals surface area contributed by atoms with Crippen LogP contribution in [0.2, 0.25) is 5.02 Å². The monoisotopic (exact) mass is 369 g/mol. The molecule has 6 heteroatoms. The summed E-state index contributed by atoms with van der Waals surface area (Å²) in [4.78, 5) is 25.1. The van der Waals surface area contributed by atoms with Crippen molar-refractivity contribution in [3.8, 4) is 6.07 Å². The van der Waals surface area contributed by atoms with Crippen LogP contribution in [0.3, 0.4) is 0 Å². The van der Waals surface area contributed by atoms with Crippen molar-refractivity contribution in [2.45, 2.75) is 26.3 Å². The minimum atomic E-state index is -0.691. The van der Waals surface area contributed by atoms with Gasteiger partial charge in [-0.1, -0.05) is 31.5 Å². The summed E-state index contributed by atoms with van der Waals surface area (Å²) >= 11 is 5.84. The highest BCUT2D eigenvalue weighted by Crippen LogP contribution is 2.14. The summed E-state index contributed by atoms with van der Waals surface area (Å²) in [7, 11) is 0. The maximum Gasteiger partial charge on any atom is 0.251 e. The summed E-state index contributed by atoms with van der Waals surface area (Å²) in [6, 6.07) is 14.4. The average molecular weight is 370 g/mol. The maximum absolute atomic E-state index is 12.6. The molecule has 2 N–H and O–H groups in total. The minimum Gasteiger partial charge on any atom is -0.340 e. The van der Waals surface area contributed by atoms with Gasteiger partial charge in [-0.3, -0.25) is 9.59 Å². The number of carbonyl (C=O) groups excluding carboxylic acids is 2. The molecule has 2 amide bonds. The fourth-order valence-electron chi connectivity index (χ4n) is 2.44. The molecule has 0 radical (unpaired) electrons. The molecular weight excluding hydrogens is 350 g/mol. The van der Waals surface area contributed by atoms with Gasteiger partial charge in [-0.15, -0.1) is 0 Å². The van der Waals surface area contributed by atoms with Crippen LogP contribution < -0.4 is 10.6 Å². The number of halogens is 1. The molecule has 0 saturated carbocycles. The minimum absolute atomic E-state index is 0.210. The van der Waals surface area contributed by atoms with Gasteiger partial charge in [0, 0.05) is 16.3 Å². The first kappa shape index (κ1) is 19.5. The third-order valence-electron chi connectivity index (χ3n) is 3.69. The second kappa shape index (κ2) is 9.02. The van der Waals surface area contributed by atoms with Gasteiger partial charge in [0.2, 0.25) is 5.91 Å². The van der Waals surface area contributed by atoms with Crippen LogP contribution in [-0.2, 0) is 4.79 Å². The Morgan fingerprint density at radius 2 is 1.85 bits per heavy atom. The van der Waals surface area contributed by atoms with E-state index in [2.05, 4.69) is 10.6 Å². The Morgan fingerprint density at radius 3 is 2.46 bits per heavy atom. The topological polar surface area (TPSA) is 82.0 Å². The second-order valence-electron chi connectivity index (χ2n) is 6.34. The van der Waals surface area contributed by atoms with Gasteiger partial charge >= 0.3 is 0 Å². The molecule has 2 rings (SSSR count). The lowest BCUT2D eigenvalue weighted by Crippen LogP contribution is -2.44. The molecule has 0 fully saturated rings.